The first kappa shape index (κ1) is 25.1. The first-order valence-corrected chi connectivity index (χ1v) is 9.91. The van der Waals surface area contributed by atoms with E-state index >= 15 is 0 Å². The fourth-order valence-corrected chi connectivity index (χ4v) is 4.27. The van der Waals surface area contributed by atoms with E-state index in [0.717, 1.165) is 19.3 Å². The highest BCUT2D eigenvalue weighted by Gasteiger charge is 2.55. The molecule has 0 fully saturated rings. The van der Waals surface area contributed by atoms with Crippen molar-refractivity contribution in [2.45, 2.75) is 90.8 Å². The molecule has 0 saturated carbocycles. The molecule has 27 heavy (non-hydrogen) atoms. The Hall–Kier alpha value is -1.89. The zero-order chi connectivity index (χ0) is 21.0. The van der Waals surface area contributed by atoms with Crippen LogP contribution in [0.25, 0.3) is 0 Å². The van der Waals surface area contributed by atoms with Crippen LogP contribution < -0.4 is 0 Å². The van der Waals surface area contributed by atoms with Gasteiger partial charge < -0.3 is 15.3 Å². The van der Waals surface area contributed by atoms with Gasteiger partial charge in [-0.25, -0.2) is 14.4 Å². The zero-order valence-corrected chi connectivity index (χ0v) is 17.1. The van der Waals surface area contributed by atoms with Gasteiger partial charge in [-0.1, -0.05) is 32.9 Å². The maximum atomic E-state index is 12.0. The van der Waals surface area contributed by atoms with Gasteiger partial charge in [-0.05, 0) is 32.6 Å². The van der Waals surface area contributed by atoms with Crippen molar-refractivity contribution in [2.24, 2.45) is 0 Å². The number of carboxylic acids is 3. The standard InChI is InChI=1S/C20H35NO6/c1-5-9-10-11-12-13-14-21(15(6-2)18(22)23,16(7-3)19(24)25)17(8-4)20(26)27/h5,9,15-17H,6-8,10-14H2,1-4H3,(H2-,22,23,24,25,26,27)/p+1/b9-5+. The molecule has 0 spiro atoms. The van der Waals surface area contributed by atoms with Crippen LogP contribution >= 0.6 is 0 Å². The molecule has 0 aliphatic carbocycles. The van der Waals surface area contributed by atoms with Gasteiger partial charge >= 0.3 is 17.9 Å². The Kier molecular flexibility index (Phi) is 11.6. The third kappa shape index (κ3) is 6.34. The van der Waals surface area contributed by atoms with Crippen LogP contribution in [0.1, 0.15) is 72.6 Å². The Morgan fingerprint density at radius 1 is 0.778 bits per heavy atom. The summed E-state index contributed by atoms with van der Waals surface area (Å²) in [6.07, 6.45) is 7.76. The Balaban J connectivity index is 6.09. The summed E-state index contributed by atoms with van der Waals surface area (Å²) in [6.45, 7) is 7.22. The van der Waals surface area contributed by atoms with E-state index in [1.54, 1.807) is 20.8 Å². The molecule has 3 unspecified atom stereocenters. The molecule has 0 heterocycles. The molecule has 3 N–H and O–H groups in total. The van der Waals surface area contributed by atoms with E-state index in [9.17, 15) is 29.7 Å². The molecule has 0 radical (unpaired) electrons. The summed E-state index contributed by atoms with van der Waals surface area (Å²) in [4.78, 5) is 36.1. The molecule has 0 amide bonds. The molecule has 0 aromatic heterocycles. The summed E-state index contributed by atoms with van der Waals surface area (Å²) in [6, 6.07) is -3.20. The fraction of sp³-hybridized carbons (Fsp3) is 0.750. The van der Waals surface area contributed by atoms with Crippen LogP contribution in [0.15, 0.2) is 12.2 Å². The lowest BCUT2D eigenvalue weighted by Crippen LogP contribution is -2.72. The smallest absolute Gasteiger partial charge is 0.362 e. The van der Waals surface area contributed by atoms with Crippen molar-refractivity contribution in [3.05, 3.63) is 12.2 Å². The SMILES string of the molecule is C/C=C/CCCCC[N+](C(CC)C(=O)O)(C(CC)C(=O)O)C(CC)C(=O)O. The highest BCUT2D eigenvalue weighted by atomic mass is 16.4. The lowest BCUT2D eigenvalue weighted by molar-refractivity contribution is -0.973. The van der Waals surface area contributed by atoms with Gasteiger partial charge in [0.15, 0.2) is 18.1 Å². The highest BCUT2D eigenvalue weighted by Crippen LogP contribution is 2.32. The topological polar surface area (TPSA) is 112 Å². The van der Waals surface area contributed by atoms with Crippen molar-refractivity contribution in [1.29, 1.82) is 0 Å². The van der Waals surface area contributed by atoms with E-state index in [0.29, 0.717) is 6.42 Å². The predicted molar refractivity (Wildman–Crippen MR) is 104 cm³/mol. The van der Waals surface area contributed by atoms with Gasteiger partial charge in [-0.2, -0.15) is 0 Å². The van der Waals surface area contributed by atoms with Crippen LogP contribution in [0.2, 0.25) is 0 Å². The number of nitrogens with zero attached hydrogens (tertiary/aromatic N) is 1. The van der Waals surface area contributed by atoms with E-state index in [-0.39, 0.29) is 25.8 Å². The number of unbranched alkanes of at least 4 members (excludes halogenated alkanes) is 3. The second kappa shape index (κ2) is 12.5. The van der Waals surface area contributed by atoms with Gasteiger partial charge in [0, 0.05) is 19.3 Å². The summed E-state index contributed by atoms with van der Waals surface area (Å²) in [5, 5.41) is 29.5. The van der Waals surface area contributed by atoms with Crippen molar-refractivity contribution >= 4 is 17.9 Å². The zero-order valence-electron chi connectivity index (χ0n) is 17.1. The van der Waals surface area contributed by atoms with E-state index in [1.165, 1.54) is 0 Å². The van der Waals surface area contributed by atoms with E-state index < -0.39 is 40.5 Å². The van der Waals surface area contributed by atoms with Gasteiger partial charge in [0.1, 0.15) is 0 Å². The van der Waals surface area contributed by atoms with Crippen LogP contribution in [-0.2, 0) is 14.4 Å². The van der Waals surface area contributed by atoms with Crippen LogP contribution in [0.5, 0.6) is 0 Å². The fourth-order valence-electron chi connectivity index (χ4n) is 4.27. The quantitative estimate of drug-likeness (QED) is 0.225. The summed E-state index contributed by atoms with van der Waals surface area (Å²) in [5.41, 5.74) is 0. The number of hydrogen-bond acceptors (Lipinski definition) is 3. The molecule has 0 aliphatic rings. The van der Waals surface area contributed by atoms with Gasteiger partial charge in [0.2, 0.25) is 0 Å². The van der Waals surface area contributed by atoms with E-state index in [1.807, 2.05) is 19.1 Å². The molecular formula is C20H36NO6+. The number of hydrogen-bond donors (Lipinski definition) is 3. The highest BCUT2D eigenvalue weighted by molar-refractivity contribution is 5.78. The molecule has 0 aromatic rings. The summed E-state index contributed by atoms with van der Waals surface area (Å²) in [7, 11) is 0. The van der Waals surface area contributed by atoms with Crippen molar-refractivity contribution in [3.8, 4) is 0 Å². The summed E-state index contributed by atoms with van der Waals surface area (Å²) < 4.78 is -0.423. The molecule has 0 aliphatic heterocycles. The first-order valence-electron chi connectivity index (χ1n) is 9.91. The molecule has 3 atom stereocenters. The Morgan fingerprint density at radius 3 is 1.48 bits per heavy atom. The van der Waals surface area contributed by atoms with Gasteiger partial charge in [0.05, 0.1) is 6.54 Å². The van der Waals surface area contributed by atoms with Crippen LogP contribution in [0.3, 0.4) is 0 Å². The van der Waals surface area contributed by atoms with Crippen molar-refractivity contribution in [2.75, 3.05) is 6.54 Å². The van der Waals surface area contributed by atoms with Crippen molar-refractivity contribution in [3.63, 3.8) is 0 Å². The maximum absolute atomic E-state index is 12.0. The lowest BCUT2D eigenvalue weighted by atomic mass is 9.94. The average Bonchev–Trinajstić information content (AvgIpc) is 2.58. The number of carbonyl (C=O) groups is 3. The largest absolute Gasteiger partial charge is 0.477 e. The molecule has 0 bridgehead atoms. The van der Waals surface area contributed by atoms with E-state index in [4.69, 9.17) is 0 Å². The average molecular weight is 387 g/mol. The van der Waals surface area contributed by atoms with Gasteiger partial charge in [-0.15, -0.1) is 0 Å². The maximum Gasteiger partial charge on any atom is 0.362 e. The molecule has 156 valence electrons. The van der Waals surface area contributed by atoms with Crippen LogP contribution in [0.4, 0.5) is 0 Å². The number of quaternary nitrogens is 1. The normalized spacial score (nSPS) is 17.2. The molecule has 7 nitrogen and oxygen atoms in total. The van der Waals surface area contributed by atoms with Gasteiger partial charge in [-0.3, -0.25) is 4.48 Å². The first-order chi connectivity index (χ1) is 12.7. The minimum atomic E-state index is -1.13. The Bertz CT molecular complexity index is 462. The number of rotatable bonds is 15. The van der Waals surface area contributed by atoms with Crippen molar-refractivity contribution < 1.29 is 34.2 Å². The molecule has 7 heteroatoms. The van der Waals surface area contributed by atoms with Crippen molar-refractivity contribution in [1.82, 2.24) is 0 Å². The second-order valence-corrected chi connectivity index (χ2v) is 6.92. The lowest BCUT2D eigenvalue weighted by Gasteiger charge is -2.49. The molecule has 0 rings (SSSR count). The third-order valence-corrected chi connectivity index (χ3v) is 5.41. The minimum absolute atomic E-state index is 0.182. The second-order valence-electron chi connectivity index (χ2n) is 6.92. The number of carboxylic acid groups (broad SMARTS) is 3. The predicted octanol–water partition coefficient (Wildman–Crippen LogP) is 3.53. The van der Waals surface area contributed by atoms with Crippen LogP contribution in [0, 0.1) is 0 Å². The number of aliphatic carboxylic acids is 3. The monoisotopic (exact) mass is 386 g/mol. The minimum Gasteiger partial charge on any atom is -0.477 e. The summed E-state index contributed by atoms with van der Waals surface area (Å²) in [5.74, 6) is -3.40. The molecule has 0 saturated heterocycles. The number of allylic oxidation sites excluding steroid dienone is 2. The van der Waals surface area contributed by atoms with Gasteiger partial charge in [0.25, 0.3) is 0 Å². The van der Waals surface area contributed by atoms with Crippen LogP contribution in [-0.4, -0.2) is 62.4 Å². The Labute approximate surface area is 162 Å². The van der Waals surface area contributed by atoms with E-state index in [2.05, 4.69) is 0 Å². The molecule has 0 aromatic carbocycles. The third-order valence-electron chi connectivity index (χ3n) is 5.41. The summed E-state index contributed by atoms with van der Waals surface area (Å²) >= 11 is 0. The molecular weight excluding hydrogens is 350 g/mol. The Morgan fingerprint density at radius 2 is 1.19 bits per heavy atom.